The van der Waals surface area contributed by atoms with E-state index >= 15 is 0 Å². The highest BCUT2D eigenvalue weighted by Gasteiger charge is 2.34. The quantitative estimate of drug-likeness (QED) is 0.858. The molecule has 1 unspecified atom stereocenters. The molecule has 1 aromatic carbocycles. The molecule has 21 heavy (non-hydrogen) atoms. The largest absolute Gasteiger partial charge is 0.335 e. The van der Waals surface area contributed by atoms with Crippen molar-refractivity contribution in [3.63, 3.8) is 0 Å². The van der Waals surface area contributed by atoms with Gasteiger partial charge in [-0.2, -0.15) is 0 Å². The van der Waals surface area contributed by atoms with Crippen molar-refractivity contribution in [2.75, 3.05) is 18.1 Å². The van der Waals surface area contributed by atoms with Gasteiger partial charge < -0.3 is 4.90 Å². The van der Waals surface area contributed by atoms with E-state index in [0.717, 1.165) is 0 Å². The summed E-state index contributed by atoms with van der Waals surface area (Å²) in [6.45, 7) is 6.65. The van der Waals surface area contributed by atoms with Gasteiger partial charge in [-0.25, -0.2) is 8.42 Å². The molecule has 116 valence electrons. The van der Waals surface area contributed by atoms with Gasteiger partial charge in [-0.05, 0) is 37.0 Å². The van der Waals surface area contributed by atoms with Crippen molar-refractivity contribution in [2.24, 2.45) is 0 Å². The Hall–Kier alpha value is -1.36. The van der Waals surface area contributed by atoms with Gasteiger partial charge in [0.25, 0.3) is 5.91 Å². The fourth-order valence-electron chi connectivity index (χ4n) is 2.77. The highest BCUT2D eigenvalue weighted by Crippen LogP contribution is 2.21. The maximum Gasteiger partial charge on any atom is 0.254 e. The second-order valence-corrected chi connectivity index (χ2v) is 8.15. The molecule has 2 rings (SSSR count). The van der Waals surface area contributed by atoms with E-state index in [1.807, 2.05) is 31.2 Å². The van der Waals surface area contributed by atoms with E-state index in [-0.39, 0.29) is 23.5 Å². The molecule has 0 aromatic heterocycles. The highest BCUT2D eigenvalue weighted by atomic mass is 32.2. The summed E-state index contributed by atoms with van der Waals surface area (Å²) in [5.41, 5.74) is 1.82. The van der Waals surface area contributed by atoms with Crippen molar-refractivity contribution in [1.29, 1.82) is 0 Å². The first-order valence-electron chi connectivity index (χ1n) is 7.45. The Morgan fingerprint density at radius 3 is 2.33 bits per heavy atom. The van der Waals surface area contributed by atoms with Gasteiger partial charge in [-0.15, -0.1) is 0 Å². The topological polar surface area (TPSA) is 54.5 Å². The van der Waals surface area contributed by atoms with Gasteiger partial charge in [-0.1, -0.05) is 26.0 Å². The van der Waals surface area contributed by atoms with Crippen LogP contribution in [0.1, 0.15) is 49.0 Å². The monoisotopic (exact) mass is 309 g/mol. The number of benzene rings is 1. The second kappa shape index (κ2) is 6.18. The molecular weight excluding hydrogens is 286 g/mol. The van der Waals surface area contributed by atoms with Crippen LogP contribution in [0.25, 0.3) is 0 Å². The molecule has 5 heteroatoms. The van der Waals surface area contributed by atoms with Crippen molar-refractivity contribution in [3.05, 3.63) is 35.4 Å². The standard InChI is InChI=1S/C16H23NO3S/c1-4-17(15-9-10-21(19,20)11-15)16(18)14-7-5-13(6-8-14)12(2)3/h5-8,12,15H,4,9-11H2,1-3H3. The Bertz CT molecular complexity index is 605. The minimum absolute atomic E-state index is 0.0742. The third-order valence-electron chi connectivity index (χ3n) is 4.08. The third kappa shape index (κ3) is 3.64. The maximum atomic E-state index is 12.6. The van der Waals surface area contributed by atoms with Crippen LogP contribution in [0.2, 0.25) is 0 Å². The summed E-state index contributed by atoms with van der Waals surface area (Å²) < 4.78 is 23.2. The first kappa shape index (κ1) is 16.0. The lowest BCUT2D eigenvalue weighted by Gasteiger charge is -2.27. The van der Waals surface area contributed by atoms with Crippen LogP contribution in [0, 0.1) is 0 Å². The molecular formula is C16H23NO3S. The van der Waals surface area contributed by atoms with Gasteiger partial charge in [-0.3, -0.25) is 4.79 Å². The van der Waals surface area contributed by atoms with Crippen LogP contribution in [0.3, 0.4) is 0 Å². The second-order valence-electron chi connectivity index (χ2n) is 5.92. The Kier molecular flexibility index (Phi) is 4.71. The number of nitrogens with zero attached hydrogens (tertiary/aromatic N) is 1. The Morgan fingerprint density at radius 1 is 1.29 bits per heavy atom. The predicted molar refractivity (Wildman–Crippen MR) is 84.3 cm³/mol. The van der Waals surface area contributed by atoms with Crippen LogP contribution < -0.4 is 0 Å². The van der Waals surface area contributed by atoms with E-state index in [0.29, 0.717) is 24.4 Å². The van der Waals surface area contributed by atoms with Crippen molar-refractivity contribution in [2.45, 2.75) is 39.2 Å². The van der Waals surface area contributed by atoms with E-state index in [9.17, 15) is 13.2 Å². The summed E-state index contributed by atoms with van der Waals surface area (Å²) in [5, 5.41) is 0. The van der Waals surface area contributed by atoms with Crippen LogP contribution >= 0.6 is 0 Å². The maximum absolute atomic E-state index is 12.6. The number of amides is 1. The number of rotatable bonds is 4. The van der Waals surface area contributed by atoms with Crippen LogP contribution in [0.5, 0.6) is 0 Å². The smallest absolute Gasteiger partial charge is 0.254 e. The van der Waals surface area contributed by atoms with Gasteiger partial charge in [0.05, 0.1) is 11.5 Å². The number of hydrogen-bond acceptors (Lipinski definition) is 3. The molecule has 0 N–H and O–H groups in total. The minimum atomic E-state index is -2.98. The summed E-state index contributed by atoms with van der Waals surface area (Å²) in [6, 6.07) is 7.43. The Morgan fingerprint density at radius 2 is 1.90 bits per heavy atom. The summed E-state index contributed by atoms with van der Waals surface area (Å²) in [5.74, 6) is 0.635. The van der Waals surface area contributed by atoms with Gasteiger partial charge in [0.1, 0.15) is 0 Å². The lowest BCUT2D eigenvalue weighted by Crippen LogP contribution is -2.40. The van der Waals surface area contributed by atoms with Crippen LogP contribution in [-0.2, 0) is 9.84 Å². The molecule has 0 radical (unpaired) electrons. The third-order valence-corrected chi connectivity index (χ3v) is 5.83. The van der Waals surface area contributed by atoms with Gasteiger partial charge in [0.15, 0.2) is 9.84 Å². The van der Waals surface area contributed by atoms with Crippen LogP contribution in [0.15, 0.2) is 24.3 Å². The fourth-order valence-corrected chi connectivity index (χ4v) is 4.50. The first-order chi connectivity index (χ1) is 9.84. The zero-order chi connectivity index (χ0) is 15.6. The van der Waals surface area contributed by atoms with E-state index in [1.165, 1.54) is 5.56 Å². The molecule has 1 atom stereocenters. The van der Waals surface area contributed by atoms with Gasteiger partial charge >= 0.3 is 0 Å². The minimum Gasteiger partial charge on any atom is -0.335 e. The zero-order valence-electron chi connectivity index (χ0n) is 12.9. The fraction of sp³-hybridized carbons (Fsp3) is 0.562. The average molecular weight is 309 g/mol. The average Bonchev–Trinajstić information content (AvgIpc) is 2.79. The molecule has 0 saturated carbocycles. The summed E-state index contributed by atoms with van der Waals surface area (Å²) in [7, 11) is -2.98. The first-order valence-corrected chi connectivity index (χ1v) is 9.27. The molecule has 1 fully saturated rings. The van der Waals surface area contributed by atoms with E-state index in [4.69, 9.17) is 0 Å². The molecule has 1 aliphatic rings. The molecule has 4 nitrogen and oxygen atoms in total. The number of sulfone groups is 1. The number of carbonyl (C=O) groups is 1. The normalized spacial score (nSPS) is 20.7. The van der Waals surface area contributed by atoms with E-state index in [1.54, 1.807) is 4.90 Å². The predicted octanol–water partition coefficient (Wildman–Crippen LogP) is 2.46. The van der Waals surface area contributed by atoms with Crippen LogP contribution in [0.4, 0.5) is 0 Å². The Labute approximate surface area is 127 Å². The molecule has 0 bridgehead atoms. The SMILES string of the molecule is CCN(C(=O)c1ccc(C(C)C)cc1)C1CCS(=O)(=O)C1. The molecule has 1 heterocycles. The Balaban J connectivity index is 2.17. The molecule has 1 amide bonds. The zero-order valence-corrected chi connectivity index (χ0v) is 13.7. The summed E-state index contributed by atoms with van der Waals surface area (Å²) in [4.78, 5) is 14.3. The number of hydrogen-bond donors (Lipinski definition) is 0. The van der Waals surface area contributed by atoms with Gasteiger partial charge in [0, 0.05) is 18.2 Å². The van der Waals surface area contributed by atoms with E-state index in [2.05, 4.69) is 13.8 Å². The van der Waals surface area contributed by atoms with Crippen molar-refractivity contribution in [3.8, 4) is 0 Å². The molecule has 1 saturated heterocycles. The lowest BCUT2D eigenvalue weighted by molar-refractivity contribution is 0.0708. The van der Waals surface area contributed by atoms with E-state index < -0.39 is 9.84 Å². The summed E-state index contributed by atoms with van der Waals surface area (Å²) in [6.07, 6.45) is 0.548. The summed E-state index contributed by atoms with van der Waals surface area (Å²) >= 11 is 0. The van der Waals surface area contributed by atoms with Crippen molar-refractivity contribution < 1.29 is 13.2 Å². The molecule has 1 aromatic rings. The van der Waals surface area contributed by atoms with Crippen molar-refractivity contribution in [1.82, 2.24) is 4.90 Å². The molecule has 0 spiro atoms. The highest BCUT2D eigenvalue weighted by molar-refractivity contribution is 7.91. The van der Waals surface area contributed by atoms with Gasteiger partial charge in [0.2, 0.25) is 0 Å². The number of carbonyl (C=O) groups excluding carboxylic acids is 1. The van der Waals surface area contributed by atoms with Crippen molar-refractivity contribution >= 4 is 15.7 Å². The lowest BCUT2D eigenvalue weighted by atomic mass is 10.0. The molecule has 1 aliphatic heterocycles. The van der Waals surface area contributed by atoms with Crippen LogP contribution in [-0.4, -0.2) is 43.3 Å². The molecule has 0 aliphatic carbocycles.